The largest absolute Gasteiger partial charge is 0.369 e. The summed E-state index contributed by atoms with van der Waals surface area (Å²) in [6, 6.07) is 2.00. The number of nitrogens with one attached hydrogen (secondary N) is 1. The van der Waals surface area contributed by atoms with Crippen LogP contribution in [0.4, 0.5) is 5.82 Å². The summed E-state index contributed by atoms with van der Waals surface area (Å²) in [5.41, 5.74) is 2.01. The molecule has 4 rings (SSSR count). The summed E-state index contributed by atoms with van der Waals surface area (Å²) in [5.74, 6) is 2.16. The summed E-state index contributed by atoms with van der Waals surface area (Å²) in [6.45, 7) is 2.72. The first kappa shape index (κ1) is 21.0. The normalized spacial score (nSPS) is 11.3. The van der Waals surface area contributed by atoms with E-state index in [1.165, 1.54) is 0 Å². The quantitative estimate of drug-likeness (QED) is 0.446. The minimum absolute atomic E-state index is 0.118. The van der Waals surface area contributed by atoms with Crippen LogP contribution >= 0.6 is 11.3 Å². The van der Waals surface area contributed by atoms with Crippen LogP contribution in [0.15, 0.2) is 24.7 Å². The van der Waals surface area contributed by atoms with Crippen molar-refractivity contribution in [1.82, 2.24) is 34.2 Å². The molecular formula is C21H26N8OS. The van der Waals surface area contributed by atoms with Gasteiger partial charge >= 0.3 is 0 Å². The lowest BCUT2D eigenvalue weighted by Gasteiger charge is -2.12. The molecule has 0 radical (unpaired) electrons. The van der Waals surface area contributed by atoms with Gasteiger partial charge in [0.1, 0.15) is 16.3 Å². The van der Waals surface area contributed by atoms with Crippen molar-refractivity contribution in [3.63, 3.8) is 0 Å². The summed E-state index contributed by atoms with van der Waals surface area (Å²) in [4.78, 5) is 29.5. The SMILES string of the molecule is Cc1c(-c2ccn(C)n2)sc2nc(-c3nccn3C)nc(NCCCC(=O)N(C)C)c12. The van der Waals surface area contributed by atoms with Crippen molar-refractivity contribution in [3.8, 4) is 22.2 Å². The third-order valence-electron chi connectivity index (χ3n) is 5.12. The van der Waals surface area contributed by atoms with Crippen molar-refractivity contribution in [2.45, 2.75) is 19.8 Å². The molecule has 31 heavy (non-hydrogen) atoms. The van der Waals surface area contributed by atoms with Crippen molar-refractivity contribution in [2.24, 2.45) is 14.1 Å². The molecule has 4 aromatic heterocycles. The van der Waals surface area contributed by atoms with Crippen LogP contribution in [0.3, 0.4) is 0 Å². The Kier molecular flexibility index (Phi) is 5.73. The molecule has 0 atom stereocenters. The smallest absolute Gasteiger partial charge is 0.222 e. The molecule has 10 heteroatoms. The second kappa shape index (κ2) is 8.46. The molecule has 0 saturated heterocycles. The molecule has 4 heterocycles. The molecule has 1 N–H and O–H groups in total. The predicted molar refractivity (Wildman–Crippen MR) is 123 cm³/mol. The zero-order valence-corrected chi connectivity index (χ0v) is 19.2. The zero-order chi connectivity index (χ0) is 22.1. The van der Waals surface area contributed by atoms with Crippen LogP contribution in [0.25, 0.3) is 32.4 Å². The Morgan fingerprint density at radius 3 is 2.68 bits per heavy atom. The molecule has 9 nitrogen and oxygen atoms in total. The van der Waals surface area contributed by atoms with Crippen LogP contribution in [0.2, 0.25) is 0 Å². The second-order valence-corrected chi connectivity index (χ2v) is 8.69. The minimum atomic E-state index is 0.118. The van der Waals surface area contributed by atoms with Gasteiger partial charge in [0.05, 0.1) is 10.3 Å². The van der Waals surface area contributed by atoms with Crippen LogP contribution < -0.4 is 5.32 Å². The second-order valence-electron chi connectivity index (χ2n) is 7.69. The van der Waals surface area contributed by atoms with Crippen LogP contribution in [-0.2, 0) is 18.9 Å². The number of thiophene rings is 1. The van der Waals surface area contributed by atoms with E-state index in [0.717, 1.165) is 38.6 Å². The summed E-state index contributed by atoms with van der Waals surface area (Å²) in [5, 5.41) is 8.99. The van der Waals surface area contributed by atoms with E-state index >= 15 is 0 Å². The van der Waals surface area contributed by atoms with Gasteiger partial charge in [-0.3, -0.25) is 9.48 Å². The predicted octanol–water partition coefficient (Wildman–Crippen LogP) is 3.08. The van der Waals surface area contributed by atoms with E-state index in [-0.39, 0.29) is 5.91 Å². The van der Waals surface area contributed by atoms with Crippen LogP contribution in [-0.4, -0.2) is 60.7 Å². The lowest BCUT2D eigenvalue weighted by molar-refractivity contribution is -0.128. The molecular weight excluding hydrogens is 412 g/mol. The fourth-order valence-corrected chi connectivity index (χ4v) is 4.54. The van der Waals surface area contributed by atoms with Crippen molar-refractivity contribution < 1.29 is 4.79 Å². The highest BCUT2D eigenvalue weighted by atomic mass is 32.1. The molecule has 162 valence electrons. The standard InChI is InChI=1S/C21H26N8OS/c1-13-16-18(22-9-6-7-15(30)27(2)3)24-19(20-23-10-12-28(20)4)25-21(16)31-17(13)14-8-11-29(5)26-14/h8,10-12H,6-7,9H2,1-5H3,(H,22,24,25). The van der Waals surface area contributed by atoms with Gasteiger partial charge in [0.15, 0.2) is 11.6 Å². The molecule has 4 aromatic rings. The number of carbonyl (C=O) groups excluding carboxylic acids is 1. The first-order valence-electron chi connectivity index (χ1n) is 10.1. The number of carbonyl (C=O) groups is 1. The fraction of sp³-hybridized carbons (Fsp3) is 0.381. The highest BCUT2D eigenvalue weighted by molar-refractivity contribution is 7.22. The number of aromatic nitrogens is 6. The Morgan fingerprint density at radius 1 is 1.23 bits per heavy atom. The van der Waals surface area contributed by atoms with Crippen LogP contribution in [0.1, 0.15) is 18.4 Å². The van der Waals surface area contributed by atoms with Crippen LogP contribution in [0.5, 0.6) is 0 Å². The number of imidazole rings is 1. The van der Waals surface area contributed by atoms with Gasteiger partial charge in [-0.15, -0.1) is 11.3 Å². The maximum absolute atomic E-state index is 11.9. The Hall–Kier alpha value is -3.27. The Balaban J connectivity index is 1.73. The Morgan fingerprint density at radius 2 is 2.03 bits per heavy atom. The summed E-state index contributed by atoms with van der Waals surface area (Å²) < 4.78 is 3.70. The first-order chi connectivity index (χ1) is 14.8. The van der Waals surface area contributed by atoms with E-state index in [1.807, 2.05) is 37.1 Å². The van der Waals surface area contributed by atoms with Gasteiger partial charge in [0.25, 0.3) is 0 Å². The summed E-state index contributed by atoms with van der Waals surface area (Å²) in [7, 11) is 7.38. The van der Waals surface area contributed by atoms with Crippen molar-refractivity contribution in [1.29, 1.82) is 0 Å². The molecule has 0 spiro atoms. The van der Waals surface area contributed by atoms with E-state index in [1.54, 1.807) is 41.2 Å². The molecule has 0 aliphatic heterocycles. The maximum Gasteiger partial charge on any atom is 0.222 e. The molecule has 0 saturated carbocycles. The minimum Gasteiger partial charge on any atom is -0.369 e. The fourth-order valence-electron chi connectivity index (χ4n) is 3.40. The first-order valence-corrected chi connectivity index (χ1v) is 10.9. The molecule has 0 unspecified atom stereocenters. The van der Waals surface area contributed by atoms with E-state index in [0.29, 0.717) is 24.6 Å². The molecule has 0 bridgehead atoms. The third-order valence-corrected chi connectivity index (χ3v) is 6.32. The van der Waals surface area contributed by atoms with E-state index < -0.39 is 0 Å². The lowest BCUT2D eigenvalue weighted by atomic mass is 10.1. The maximum atomic E-state index is 11.9. The third kappa shape index (κ3) is 4.15. The monoisotopic (exact) mass is 438 g/mol. The van der Waals surface area contributed by atoms with E-state index in [2.05, 4.69) is 22.3 Å². The summed E-state index contributed by atoms with van der Waals surface area (Å²) >= 11 is 1.61. The Bertz CT molecular complexity index is 1240. The molecule has 0 fully saturated rings. The number of rotatable bonds is 7. The number of anilines is 1. The number of hydrogen-bond acceptors (Lipinski definition) is 7. The molecule has 0 aliphatic carbocycles. The number of aryl methyl sites for hydroxylation is 3. The van der Waals surface area contributed by atoms with E-state index in [9.17, 15) is 4.79 Å². The number of hydrogen-bond donors (Lipinski definition) is 1. The van der Waals surface area contributed by atoms with Gasteiger partial charge in [0, 0.05) is 59.7 Å². The van der Waals surface area contributed by atoms with Crippen molar-refractivity contribution >= 4 is 33.3 Å². The van der Waals surface area contributed by atoms with Gasteiger partial charge < -0.3 is 14.8 Å². The zero-order valence-electron chi connectivity index (χ0n) is 18.4. The number of nitrogens with zero attached hydrogens (tertiary/aromatic N) is 7. The highest BCUT2D eigenvalue weighted by Gasteiger charge is 2.20. The Labute approximate surface area is 184 Å². The number of amides is 1. The van der Waals surface area contributed by atoms with Gasteiger partial charge in [-0.1, -0.05) is 0 Å². The van der Waals surface area contributed by atoms with Crippen LogP contribution in [0, 0.1) is 6.92 Å². The van der Waals surface area contributed by atoms with Crippen molar-refractivity contribution in [3.05, 3.63) is 30.2 Å². The lowest BCUT2D eigenvalue weighted by Crippen LogP contribution is -2.22. The molecule has 0 aromatic carbocycles. The molecule has 0 aliphatic rings. The average molecular weight is 439 g/mol. The highest BCUT2D eigenvalue weighted by Crippen LogP contribution is 2.40. The topological polar surface area (TPSA) is 93.8 Å². The van der Waals surface area contributed by atoms with Gasteiger partial charge in [-0.05, 0) is 25.0 Å². The van der Waals surface area contributed by atoms with Gasteiger partial charge in [-0.25, -0.2) is 15.0 Å². The average Bonchev–Trinajstić information content (AvgIpc) is 3.43. The van der Waals surface area contributed by atoms with E-state index in [4.69, 9.17) is 9.97 Å². The number of fused-ring (bicyclic) bond motifs is 1. The van der Waals surface area contributed by atoms with Crippen molar-refractivity contribution in [2.75, 3.05) is 26.0 Å². The van der Waals surface area contributed by atoms with Gasteiger partial charge in [0.2, 0.25) is 5.91 Å². The molecule has 1 amide bonds. The summed E-state index contributed by atoms with van der Waals surface area (Å²) in [6.07, 6.45) is 6.76. The van der Waals surface area contributed by atoms with Gasteiger partial charge in [-0.2, -0.15) is 5.10 Å².